The smallest absolute Gasteiger partial charge is 0.267 e. The van der Waals surface area contributed by atoms with Crippen molar-refractivity contribution in [1.29, 1.82) is 0 Å². The zero-order chi connectivity index (χ0) is 19.7. The minimum absolute atomic E-state index is 0.0550. The van der Waals surface area contributed by atoms with E-state index < -0.39 is 20.0 Å². The van der Waals surface area contributed by atoms with Crippen LogP contribution < -0.4 is 9.46 Å². The Balaban J connectivity index is 1.90. The van der Waals surface area contributed by atoms with Gasteiger partial charge in [-0.1, -0.05) is 29.8 Å². The Morgan fingerprint density at radius 2 is 1.67 bits per heavy atom. The van der Waals surface area contributed by atoms with Crippen LogP contribution in [0.2, 0.25) is 5.02 Å². The molecule has 1 heterocycles. The van der Waals surface area contributed by atoms with Gasteiger partial charge in [0.1, 0.15) is 10.6 Å². The quantitative estimate of drug-likeness (QED) is 0.653. The van der Waals surface area contributed by atoms with Crippen LogP contribution in [0, 0.1) is 0 Å². The number of methoxy groups -OCH3 is 1. The van der Waals surface area contributed by atoms with Crippen molar-refractivity contribution in [3.05, 3.63) is 72.0 Å². The maximum Gasteiger partial charge on any atom is 0.267 e. The number of ether oxygens (including phenoxy) is 1. The number of rotatable bonds is 6. The Labute approximate surface area is 162 Å². The lowest BCUT2D eigenvalue weighted by Gasteiger charge is -2.09. The van der Waals surface area contributed by atoms with Crippen LogP contribution in [0.15, 0.2) is 76.8 Å². The first-order valence-corrected chi connectivity index (χ1v) is 10.9. The second kappa shape index (κ2) is 7.26. The summed E-state index contributed by atoms with van der Waals surface area (Å²) in [4.78, 5) is -0.145. The van der Waals surface area contributed by atoms with E-state index in [9.17, 15) is 16.8 Å². The number of benzene rings is 2. The van der Waals surface area contributed by atoms with Gasteiger partial charge >= 0.3 is 0 Å². The summed E-state index contributed by atoms with van der Waals surface area (Å²) in [6, 6.07) is 13.3. The molecule has 0 atom stereocenters. The van der Waals surface area contributed by atoms with Crippen LogP contribution in [-0.4, -0.2) is 27.9 Å². The number of nitrogens with zero attached hydrogens (tertiary/aromatic N) is 1. The van der Waals surface area contributed by atoms with E-state index in [1.54, 1.807) is 18.2 Å². The van der Waals surface area contributed by atoms with E-state index in [2.05, 4.69) is 4.72 Å². The number of sulfonamides is 1. The predicted molar refractivity (Wildman–Crippen MR) is 102 cm³/mol. The summed E-state index contributed by atoms with van der Waals surface area (Å²) in [5.41, 5.74) is 0.222. The van der Waals surface area contributed by atoms with Crippen LogP contribution in [0.3, 0.4) is 0 Å². The van der Waals surface area contributed by atoms with Crippen molar-refractivity contribution in [2.75, 3.05) is 11.8 Å². The number of halogens is 1. The van der Waals surface area contributed by atoms with Gasteiger partial charge in [-0.25, -0.2) is 20.8 Å². The summed E-state index contributed by atoms with van der Waals surface area (Å²) in [7, 11) is -6.44. The molecular weight excluding hydrogens is 412 g/mol. The van der Waals surface area contributed by atoms with E-state index in [-0.39, 0.29) is 20.5 Å². The molecule has 0 saturated carbocycles. The summed E-state index contributed by atoms with van der Waals surface area (Å²) in [5, 5.41) is 0.238. The Hall–Kier alpha value is -2.49. The molecule has 0 amide bonds. The Morgan fingerprint density at radius 1 is 0.963 bits per heavy atom. The van der Waals surface area contributed by atoms with Crippen molar-refractivity contribution >= 4 is 37.3 Å². The van der Waals surface area contributed by atoms with Gasteiger partial charge in [-0.15, -0.1) is 0 Å². The standard InChI is InChI=1S/C17H15ClN2O5S2/c1-25-17-8-7-13(11-16(17)18)19-26(21,22)15-9-10-20(12-15)27(23,24)14-5-3-2-4-6-14/h2-12,19H,1H3. The highest BCUT2D eigenvalue weighted by Gasteiger charge is 2.21. The minimum Gasteiger partial charge on any atom is -0.495 e. The average molecular weight is 427 g/mol. The largest absolute Gasteiger partial charge is 0.495 e. The van der Waals surface area contributed by atoms with Crippen LogP contribution in [-0.2, 0) is 20.0 Å². The lowest BCUT2D eigenvalue weighted by atomic mass is 10.3. The summed E-state index contributed by atoms with van der Waals surface area (Å²) in [5.74, 6) is 0.403. The lowest BCUT2D eigenvalue weighted by molar-refractivity contribution is 0.415. The molecule has 3 aromatic rings. The van der Waals surface area contributed by atoms with Gasteiger partial charge in [0.05, 0.1) is 22.7 Å². The number of nitrogens with one attached hydrogen (secondary N) is 1. The molecular formula is C17H15ClN2O5S2. The zero-order valence-electron chi connectivity index (χ0n) is 14.0. The average Bonchev–Trinajstić information content (AvgIpc) is 3.14. The highest BCUT2D eigenvalue weighted by molar-refractivity contribution is 7.93. The summed E-state index contributed by atoms with van der Waals surface area (Å²) in [6.45, 7) is 0. The molecule has 27 heavy (non-hydrogen) atoms. The number of aromatic nitrogens is 1. The van der Waals surface area contributed by atoms with Gasteiger partial charge in [0.15, 0.2) is 0 Å². The first-order valence-electron chi connectivity index (χ1n) is 7.59. The molecule has 0 aliphatic heterocycles. The van der Waals surface area contributed by atoms with E-state index in [0.717, 1.165) is 10.2 Å². The molecule has 2 aromatic carbocycles. The van der Waals surface area contributed by atoms with Gasteiger partial charge in [0.25, 0.3) is 20.0 Å². The third-order valence-corrected chi connectivity index (χ3v) is 6.99. The van der Waals surface area contributed by atoms with Crippen LogP contribution in [0.1, 0.15) is 0 Å². The normalized spacial score (nSPS) is 11.9. The first kappa shape index (κ1) is 19.3. The molecule has 7 nitrogen and oxygen atoms in total. The third-order valence-electron chi connectivity index (χ3n) is 3.67. The first-order chi connectivity index (χ1) is 12.7. The van der Waals surface area contributed by atoms with Crippen LogP contribution >= 0.6 is 11.6 Å². The van der Waals surface area contributed by atoms with Crippen molar-refractivity contribution in [2.45, 2.75) is 9.79 Å². The number of hydrogen-bond donors (Lipinski definition) is 1. The molecule has 0 spiro atoms. The molecule has 0 fully saturated rings. The highest BCUT2D eigenvalue weighted by Crippen LogP contribution is 2.28. The molecule has 0 aliphatic carbocycles. The summed E-state index contributed by atoms with van der Waals surface area (Å²) < 4.78 is 58.5. The zero-order valence-corrected chi connectivity index (χ0v) is 16.4. The summed E-state index contributed by atoms with van der Waals surface area (Å²) in [6.07, 6.45) is 2.22. The molecule has 1 aromatic heterocycles. The molecule has 0 bridgehead atoms. The third kappa shape index (κ3) is 3.95. The lowest BCUT2D eigenvalue weighted by Crippen LogP contribution is -2.14. The van der Waals surface area contributed by atoms with E-state index in [0.29, 0.717) is 5.75 Å². The van der Waals surface area contributed by atoms with Crippen molar-refractivity contribution in [2.24, 2.45) is 0 Å². The van der Waals surface area contributed by atoms with E-state index in [1.165, 1.54) is 49.7 Å². The molecule has 0 saturated heterocycles. The molecule has 0 aliphatic rings. The van der Waals surface area contributed by atoms with Gasteiger partial charge in [-0.2, -0.15) is 0 Å². The highest BCUT2D eigenvalue weighted by atomic mass is 35.5. The van der Waals surface area contributed by atoms with Crippen LogP contribution in [0.5, 0.6) is 5.75 Å². The Kier molecular flexibility index (Phi) is 5.18. The van der Waals surface area contributed by atoms with Crippen molar-refractivity contribution in [3.63, 3.8) is 0 Å². The second-order valence-electron chi connectivity index (χ2n) is 5.45. The van der Waals surface area contributed by atoms with Crippen molar-refractivity contribution in [3.8, 4) is 5.75 Å². The van der Waals surface area contributed by atoms with Gasteiger partial charge in [0, 0.05) is 12.4 Å². The fourth-order valence-electron chi connectivity index (χ4n) is 2.32. The van der Waals surface area contributed by atoms with Gasteiger partial charge in [0.2, 0.25) is 0 Å². The molecule has 1 N–H and O–H groups in total. The minimum atomic E-state index is -4.01. The Bertz CT molecular complexity index is 1170. The fraction of sp³-hybridized carbons (Fsp3) is 0.0588. The predicted octanol–water partition coefficient (Wildman–Crippen LogP) is 3.19. The van der Waals surface area contributed by atoms with Gasteiger partial charge < -0.3 is 4.74 Å². The molecule has 142 valence electrons. The fourth-order valence-corrected chi connectivity index (χ4v) is 4.91. The van der Waals surface area contributed by atoms with Crippen molar-refractivity contribution < 1.29 is 21.6 Å². The Morgan fingerprint density at radius 3 is 2.30 bits per heavy atom. The van der Waals surface area contributed by atoms with Crippen LogP contribution in [0.4, 0.5) is 5.69 Å². The molecule has 0 radical (unpaired) electrons. The maximum absolute atomic E-state index is 12.6. The van der Waals surface area contributed by atoms with E-state index in [4.69, 9.17) is 16.3 Å². The van der Waals surface area contributed by atoms with Gasteiger partial charge in [-0.05, 0) is 36.4 Å². The molecule has 0 unspecified atom stereocenters. The second-order valence-corrected chi connectivity index (χ2v) is 9.38. The SMILES string of the molecule is COc1ccc(NS(=O)(=O)c2ccn(S(=O)(=O)c3ccccc3)c2)cc1Cl. The maximum atomic E-state index is 12.6. The van der Waals surface area contributed by atoms with E-state index >= 15 is 0 Å². The van der Waals surface area contributed by atoms with E-state index in [1.807, 2.05) is 0 Å². The summed E-state index contributed by atoms with van der Waals surface area (Å²) >= 11 is 5.99. The molecule has 3 rings (SSSR count). The monoisotopic (exact) mass is 426 g/mol. The molecule has 10 heteroatoms. The number of hydrogen-bond acceptors (Lipinski definition) is 5. The topological polar surface area (TPSA) is 94.5 Å². The number of anilines is 1. The van der Waals surface area contributed by atoms with Gasteiger partial charge in [-0.3, -0.25) is 4.72 Å². The van der Waals surface area contributed by atoms with Crippen molar-refractivity contribution in [1.82, 2.24) is 3.97 Å². The van der Waals surface area contributed by atoms with Crippen LogP contribution in [0.25, 0.3) is 0 Å².